The van der Waals surface area contributed by atoms with Crippen molar-refractivity contribution in [2.75, 3.05) is 0 Å². The Morgan fingerprint density at radius 1 is 1.44 bits per heavy atom. The normalized spacial score (nSPS) is 10.4. The van der Waals surface area contributed by atoms with Crippen LogP contribution < -0.4 is 9.67 Å². The van der Waals surface area contributed by atoms with Crippen LogP contribution in [0.25, 0.3) is 0 Å². The van der Waals surface area contributed by atoms with E-state index in [1.165, 1.54) is 9.13 Å². The summed E-state index contributed by atoms with van der Waals surface area (Å²) in [7, 11) is 0. The molecule has 0 saturated carbocycles. The highest BCUT2D eigenvalue weighted by molar-refractivity contribution is 5.97. The lowest BCUT2D eigenvalue weighted by Gasteiger charge is -2.00. The van der Waals surface area contributed by atoms with E-state index in [-0.39, 0.29) is 11.4 Å². The van der Waals surface area contributed by atoms with Gasteiger partial charge in [-0.1, -0.05) is 0 Å². The second kappa shape index (κ2) is 4.34. The zero-order chi connectivity index (χ0) is 12.5. The molecular weight excluding hydrogens is 212 g/mol. The van der Waals surface area contributed by atoms with Gasteiger partial charge in [-0.3, -0.25) is 0 Å². The van der Waals surface area contributed by atoms with Crippen LogP contribution in [-0.2, 0) is 13.1 Å². The van der Waals surface area contributed by atoms with Crippen molar-refractivity contribution in [3.8, 4) is 0 Å². The second-order valence-electron chi connectivity index (χ2n) is 3.33. The third-order valence-corrected chi connectivity index (χ3v) is 2.57. The molecule has 0 amide bonds. The summed E-state index contributed by atoms with van der Waals surface area (Å²) in [5.74, 6) is -2.12. The van der Waals surface area contributed by atoms with Crippen molar-refractivity contribution in [2.45, 2.75) is 33.9 Å². The molecule has 6 heteroatoms. The van der Waals surface area contributed by atoms with Crippen molar-refractivity contribution in [2.24, 2.45) is 0 Å². The third-order valence-electron chi connectivity index (χ3n) is 2.57. The Balaban J connectivity index is 3.66. The number of carbonyl (C=O) groups excluding carboxylic acids is 1. The molecule has 6 nitrogen and oxygen atoms in total. The predicted molar refractivity (Wildman–Crippen MR) is 52.0 cm³/mol. The molecule has 0 aliphatic carbocycles. The van der Waals surface area contributed by atoms with Gasteiger partial charge in [0.05, 0.1) is 13.1 Å². The topological polar surface area (TPSA) is 86.2 Å². The zero-order valence-electron chi connectivity index (χ0n) is 9.48. The lowest BCUT2D eigenvalue weighted by Crippen LogP contribution is -2.41. The SMILES string of the molecule is CCn1c(C(=O)[O-])c(C(=O)O)[n+](CC)c1C. The van der Waals surface area contributed by atoms with Crippen LogP contribution in [0.5, 0.6) is 0 Å². The van der Waals surface area contributed by atoms with Gasteiger partial charge in [0.2, 0.25) is 5.69 Å². The molecule has 0 atom stereocenters. The molecule has 0 aliphatic heterocycles. The van der Waals surface area contributed by atoms with E-state index in [2.05, 4.69) is 0 Å². The van der Waals surface area contributed by atoms with Gasteiger partial charge in [-0.05, 0) is 13.8 Å². The number of carboxylic acids is 2. The van der Waals surface area contributed by atoms with Gasteiger partial charge in [0, 0.05) is 6.92 Å². The summed E-state index contributed by atoms with van der Waals surface area (Å²) in [5.41, 5.74) is -0.490. The van der Waals surface area contributed by atoms with Crippen LogP contribution in [0.3, 0.4) is 0 Å². The van der Waals surface area contributed by atoms with E-state index in [1.807, 2.05) is 0 Å². The number of nitrogens with zero attached hydrogens (tertiary/aromatic N) is 2. The first-order chi connectivity index (χ1) is 7.45. The number of hydrogen-bond acceptors (Lipinski definition) is 3. The highest BCUT2D eigenvalue weighted by Crippen LogP contribution is 2.09. The number of aromatic carboxylic acids is 2. The fourth-order valence-electron chi connectivity index (χ4n) is 1.92. The number of aromatic nitrogens is 2. The van der Waals surface area contributed by atoms with Crippen LogP contribution in [0.2, 0.25) is 0 Å². The lowest BCUT2D eigenvalue weighted by atomic mass is 10.3. The summed E-state index contributed by atoms with van der Waals surface area (Å²) in [6, 6.07) is 0. The van der Waals surface area contributed by atoms with Crippen LogP contribution in [0.4, 0.5) is 0 Å². The average molecular weight is 226 g/mol. The Morgan fingerprint density at radius 2 is 2.00 bits per heavy atom. The van der Waals surface area contributed by atoms with Gasteiger partial charge >= 0.3 is 5.97 Å². The van der Waals surface area contributed by atoms with Crippen molar-refractivity contribution in [3.05, 3.63) is 17.2 Å². The molecule has 1 aromatic heterocycles. The van der Waals surface area contributed by atoms with E-state index in [9.17, 15) is 14.7 Å². The van der Waals surface area contributed by atoms with Crippen LogP contribution in [0, 0.1) is 6.92 Å². The second-order valence-corrected chi connectivity index (χ2v) is 3.33. The Hall–Kier alpha value is -1.85. The van der Waals surface area contributed by atoms with E-state index in [0.29, 0.717) is 18.9 Å². The average Bonchev–Trinajstić information content (AvgIpc) is 2.50. The van der Waals surface area contributed by atoms with Gasteiger partial charge in [0.25, 0.3) is 11.5 Å². The van der Waals surface area contributed by atoms with Gasteiger partial charge in [0.15, 0.2) is 0 Å². The van der Waals surface area contributed by atoms with Gasteiger partial charge in [-0.15, -0.1) is 0 Å². The molecule has 0 aliphatic rings. The number of carboxylic acid groups (broad SMARTS) is 2. The minimum Gasteiger partial charge on any atom is -0.541 e. The summed E-state index contributed by atoms with van der Waals surface area (Å²) in [4.78, 5) is 22.0. The maximum absolute atomic E-state index is 11.1. The molecule has 0 aromatic carbocycles. The lowest BCUT2D eigenvalue weighted by molar-refractivity contribution is -0.701. The van der Waals surface area contributed by atoms with E-state index in [4.69, 9.17) is 5.11 Å². The minimum atomic E-state index is -1.46. The Bertz CT molecular complexity index is 409. The standard InChI is InChI=1S/C10H14N2O4/c1-4-11-6(3)12(5-2)8(10(15)16)7(11)9(13)14/h4-5H2,1-3H3,(H-,13,14,15,16). The third kappa shape index (κ3) is 1.66. The molecule has 0 saturated heterocycles. The van der Waals surface area contributed by atoms with E-state index in [1.54, 1.807) is 20.8 Å². The van der Waals surface area contributed by atoms with Gasteiger partial charge in [0.1, 0.15) is 5.97 Å². The zero-order valence-corrected chi connectivity index (χ0v) is 9.48. The molecule has 0 bridgehead atoms. The maximum atomic E-state index is 11.1. The Kier molecular flexibility index (Phi) is 3.31. The Labute approximate surface area is 92.7 Å². The van der Waals surface area contributed by atoms with E-state index < -0.39 is 11.9 Å². The summed E-state index contributed by atoms with van der Waals surface area (Å²) >= 11 is 0. The minimum absolute atomic E-state index is 0.221. The number of carbonyl (C=O) groups is 2. The molecular formula is C10H14N2O4. The maximum Gasteiger partial charge on any atom is 0.380 e. The molecule has 0 fully saturated rings. The molecule has 0 unspecified atom stereocenters. The first kappa shape index (κ1) is 12.2. The predicted octanol–water partition coefficient (Wildman–Crippen LogP) is -0.814. The molecule has 1 N–H and O–H groups in total. The summed E-state index contributed by atoms with van der Waals surface area (Å²) in [5, 5.41) is 20.0. The highest BCUT2D eigenvalue weighted by Gasteiger charge is 2.31. The molecule has 0 radical (unpaired) electrons. The van der Waals surface area contributed by atoms with Crippen molar-refractivity contribution >= 4 is 11.9 Å². The first-order valence-electron chi connectivity index (χ1n) is 5.03. The van der Waals surface area contributed by atoms with E-state index in [0.717, 1.165) is 0 Å². The van der Waals surface area contributed by atoms with Crippen molar-refractivity contribution < 1.29 is 24.4 Å². The van der Waals surface area contributed by atoms with Crippen molar-refractivity contribution in [1.29, 1.82) is 0 Å². The van der Waals surface area contributed by atoms with Crippen molar-refractivity contribution in [1.82, 2.24) is 4.57 Å². The summed E-state index contributed by atoms with van der Waals surface area (Å²) in [6.45, 7) is 6.00. The van der Waals surface area contributed by atoms with Gasteiger partial charge in [-0.25, -0.2) is 13.9 Å². The van der Waals surface area contributed by atoms with Gasteiger partial charge < -0.3 is 15.0 Å². The fraction of sp³-hybridized carbons (Fsp3) is 0.500. The van der Waals surface area contributed by atoms with Gasteiger partial charge in [-0.2, -0.15) is 0 Å². The molecule has 88 valence electrons. The quantitative estimate of drug-likeness (QED) is 0.680. The molecule has 1 rings (SSSR count). The van der Waals surface area contributed by atoms with Crippen LogP contribution in [0.1, 0.15) is 40.6 Å². The number of imidazole rings is 1. The molecule has 16 heavy (non-hydrogen) atoms. The summed E-state index contributed by atoms with van der Waals surface area (Å²) < 4.78 is 2.89. The molecule has 1 heterocycles. The van der Waals surface area contributed by atoms with Crippen LogP contribution in [0.15, 0.2) is 0 Å². The summed E-state index contributed by atoms with van der Waals surface area (Å²) in [6.07, 6.45) is 0. The Morgan fingerprint density at radius 3 is 2.31 bits per heavy atom. The number of hydrogen-bond donors (Lipinski definition) is 1. The largest absolute Gasteiger partial charge is 0.541 e. The van der Waals surface area contributed by atoms with Crippen molar-refractivity contribution in [3.63, 3.8) is 0 Å². The molecule has 1 aromatic rings. The van der Waals surface area contributed by atoms with Crippen LogP contribution in [-0.4, -0.2) is 21.6 Å². The van der Waals surface area contributed by atoms with Crippen LogP contribution >= 0.6 is 0 Å². The fourth-order valence-corrected chi connectivity index (χ4v) is 1.92. The first-order valence-corrected chi connectivity index (χ1v) is 5.03. The smallest absolute Gasteiger partial charge is 0.380 e. The molecule has 0 spiro atoms. The van der Waals surface area contributed by atoms with E-state index >= 15 is 0 Å². The number of rotatable bonds is 4. The highest BCUT2D eigenvalue weighted by atomic mass is 16.4. The monoisotopic (exact) mass is 226 g/mol.